The highest BCUT2D eigenvalue weighted by atomic mass is 32.2. The van der Waals surface area contributed by atoms with Crippen LogP contribution in [0.1, 0.15) is 12.0 Å². The van der Waals surface area contributed by atoms with Crippen molar-refractivity contribution in [2.75, 3.05) is 6.79 Å². The third-order valence-electron chi connectivity index (χ3n) is 5.21. The molecule has 2 aromatic carbocycles. The largest absolute Gasteiger partial charge is 0.481 e. The standard InChI is InChI=1S/C23H18N2O7S/c26-23(27)8-3-15-13-25(20-11-22-21(10-19(15)20)30-14-31-22)33(28,29)18-6-4-16(5-7-18)32-17-2-1-9-24-12-17/h1-2,4-7,9-13H,3,8,14H2,(H,26,27). The van der Waals surface area contributed by atoms with Crippen molar-refractivity contribution < 1.29 is 32.5 Å². The van der Waals surface area contributed by atoms with Gasteiger partial charge in [-0.15, -0.1) is 0 Å². The van der Waals surface area contributed by atoms with Gasteiger partial charge in [-0.25, -0.2) is 12.4 Å². The van der Waals surface area contributed by atoms with Gasteiger partial charge < -0.3 is 19.3 Å². The minimum absolute atomic E-state index is 0.0392. The van der Waals surface area contributed by atoms with Crippen molar-refractivity contribution >= 4 is 26.9 Å². The van der Waals surface area contributed by atoms with Crippen LogP contribution in [0.15, 0.2) is 72.0 Å². The lowest BCUT2D eigenvalue weighted by Gasteiger charge is -2.09. The van der Waals surface area contributed by atoms with Crippen LogP contribution in [0, 0.1) is 0 Å². The van der Waals surface area contributed by atoms with Crippen molar-refractivity contribution in [3.05, 3.63) is 72.7 Å². The van der Waals surface area contributed by atoms with Crippen LogP contribution in [0.3, 0.4) is 0 Å². The lowest BCUT2D eigenvalue weighted by molar-refractivity contribution is -0.136. The molecule has 0 amide bonds. The van der Waals surface area contributed by atoms with Crippen molar-refractivity contribution in [3.63, 3.8) is 0 Å². The first-order chi connectivity index (χ1) is 15.9. The number of fused-ring (bicyclic) bond motifs is 2. The molecule has 3 heterocycles. The van der Waals surface area contributed by atoms with Gasteiger partial charge in [-0.3, -0.25) is 9.78 Å². The Kier molecular flexibility index (Phi) is 5.14. The van der Waals surface area contributed by atoms with Gasteiger partial charge in [0.25, 0.3) is 10.0 Å². The Morgan fingerprint density at radius 3 is 2.55 bits per heavy atom. The van der Waals surface area contributed by atoms with Gasteiger partial charge >= 0.3 is 5.97 Å². The van der Waals surface area contributed by atoms with Crippen molar-refractivity contribution in [1.82, 2.24) is 8.96 Å². The minimum Gasteiger partial charge on any atom is -0.481 e. The van der Waals surface area contributed by atoms with E-state index in [1.807, 2.05) is 0 Å². The zero-order valence-corrected chi connectivity index (χ0v) is 18.0. The molecule has 9 nitrogen and oxygen atoms in total. The molecular formula is C23H18N2O7S. The van der Waals surface area contributed by atoms with Crippen LogP contribution >= 0.6 is 0 Å². The summed E-state index contributed by atoms with van der Waals surface area (Å²) in [5.41, 5.74) is 0.973. The molecule has 1 aliphatic heterocycles. The van der Waals surface area contributed by atoms with Crippen molar-refractivity contribution in [2.24, 2.45) is 0 Å². The van der Waals surface area contributed by atoms with E-state index in [1.165, 1.54) is 18.3 Å². The summed E-state index contributed by atoms with van der Waals surface area (Å²) in [7, 11) is -3.99. The number of benzene rings is 2. The van der Waals surface area contributed by atoms with E-state index in [0.717, 1.165) is 3.97 Å². The Bertz CT molecular complexity index is 1450. The lowest BCUT2D eigenvalue weighted by atomic mass is 10.1. The SMILES string of the molecule is O=C(O)CCc1cn(S(=O)(=O)c2ccc(Oc3cccnc3)cc2)c2cc3c(cc12)OCO3. The van der Waals surface area contributed by atoms with Gasteiger partial charge in [0.1, 0.15) is 11.5 Å². The van der Waals surface area contributed by atoms with Gasteiger partial charge in [0.15, 0.2) is 11.5 Å². The zero-order chi connectivity index (χ0) is 23.0. The normalized spacial score (nSPS) is 12.7. The van der Waals surface area contributed by atoms with Crippen LogP contribution in [0.25, 0.3) is 10.9 Å². The molecular weight excluding hydrogens is 448 g/mol. The highest BCUT2D eigenvalue weighted by molar-refractivity contribution is 7.90. The Balaban J connectivity index is 1.54. The third-order valence-corrected chi connectivity index (χ3v) is 6.89. The summed E-state index contributed by atoms with van der Waals surface area (Å²) >= 11 is 0. The van der Waals surface area contributed by atoms with Gasteiger partial charge in [0, 0.05) is 30.3 Å². The fraction of sp³-hybridized carbons (Fsp3) is 0.130. The molecule has 0 bridgehead atoms. The molecule has 0 saturated carbocycles. The predicted octanol–water partition coefficient (Wildman–Crippen LogP) is 3.81. The molecule has 168 valence electrons. The maximum Gasteiger partial charge on any atom is 0.303 e. The molecule has 10 heteroatoms. The molecule has 1 N–H and O–H groups in total. The van der Waals surface area contributed by atoms with Gasteiger partial charge in [-0.05, 0) is 54.4 Å². The molecule has 0 radical (unpaired) electrons. The van der Waals surface area contributed by atoms with E-state index in [2.05, 4.69) is 4.98 Å². The molecule has 1 aliphatic rings. The average molecular weight is 466 g/mol. The molecule has 0 unspecified atom stereocenters. The van der Waals surface area contributed by atoms with Crippen molar-refractivity contribution in [1.29, 1.82) is 0 Å². The predicted molar refractivity (Wildman–Crippen MR) is 117 cm³/mol. The van der Waals surface area contributed by atoms with Gasteiger partial charge in [-0.2, -0.15) is 0 Å². The summed E-state index contributed by atoms with van der Waals surface area (Å²) in [6.45, 7) is 0.0392. The first kappa shape index (κ1) is 20.8. The maximum absolute atomic E-state index is 13.5. The minimum atomic E-state index is -3.99. The second-order valence-corrected chi connectivity index (χ2v) is 9.15. The Morgan fingerprint density at radius 1 is 1.09 bits per heavy atom. The number of nitrogens with zero attached hydrogens (tertiary/aromatic N) is 2. The number of aliphatic carboxylic acids is 1. The van der Waals surface area contributed by atoms with Crippen LogP contribution in [0.5, 0.6) is 23.0 Å². The first-order valence-corrected chi connectivity index (χ1v) is 11.4. The molecule has 5 rings (SSSR count). The second-order valence-electron chi connectivity index (χ2n) is 7.33. The van der Waals surface area contributed by atoms with Crippen molar-refractivity contribution in [2.45, 2.75) is 17.7 Å². The molecule has 4 aromatic rings. The van der Waals surface area contributed by atoms with Gasteiger partial charge in [-0.1, -0.05) is 0 Å². The number of ether oxygens (including phenoxy) is 3. The van der Waals surface area contributed by atoms with Crippen LogP contribution in [0.2, 0.25) is 0 Å². The van der Waals surface area contributed by atoms with E-state index in [-0.39, 0.29) is 24.5 Å². The molecule has 0 spiro atoms. The number of carbonyl (C=O) groups is 1. The fourth-order valence-corrected chi connectivity index (χ4v) is 5.01. The summed E-state index contributed by atoms with van der Waals surface area (Å²) in [5, 5.41) is 9.69. The topological polar surface area (TPSA) is 117 Å². The third kappa shape index (κ3) is 3.96. The molecule has 33 heavy (non-hydrogen) atoms. The van der Waals surface area contributed by atoms with E-state index in [9.17, 15) is 13.2 Å². The first-order valence-electron chi connectivity index (χ1n) is 10.0. The van der Waals surface area contributed by atoms with E-state index in [4.69, 9.17) is 19.3 Å². The van der Waals surface area contributed by atoms with Crippen LogP contribution in [-0.4, -0.2) is 35.2 Å². The summed E-state index contributed by atoms with van der Waals surface area (Å²) in [6.07, 6.45) is 4.68. The lowest BCUT2D eigenvalue weighted by Crippen LogP contribution is -2.11. The zero-order valence-electron chi connectivity index (χ0n) is 17.2. The number of aromatic nitrogens is 2. The molecule has 0 fully saturated rings. The maximum atomic E-state index is 13.5. The number of rotatable bonds is 7. The number of aryl methyl sites for hydroxylation is 1. The van der Waals surface area contributed by atoms with Gasteiger partial charge in [0.05, 0.1) is 16.6 Å². The number of carboxylic acid groups (broad SMARTS) is 1. The van der Waals surface area contributed by atoms with Crippen molar-refractivity contribution in [3.8, 4) is 23.0 Å². The average Bonchev–Trinajstić information content (AvgIpc) is 3.41. The Morgan fingerprint density at radius 2 is 1.85 bits per heavy atom. The highest BCUT2D eigenvalue weighted by Gasteiger charge is 2.25. The quantitative estimate of drug-likeness (QED) is 0.437. The Labute approximate surface area is 188 Å². The monoisotopic (exact) mass is 466 g/mol. The summed E-state index contributed by atoms with van der Waals surface area (Å²) < 4.78 is 44.6. The second kappa shape index (κ2) is 8.14. The summed E-state index contributed by atoms with van der Waals surface area (Å²) in [6, 6.07) is 12.8. The van der Waals surface area contributed by atoms with Crippen LogP contribution < -0.4 is 14.2 Å². The molecule has 0 aliphatic carbocycles. The fourth-order valence-electron chi connectivity index (χ4n) is 3.63. The molecule has 0 atom stereocenters. The number of pyridine rings is 1. The van der Waals surface area contributed by atoms with Gasteiger partial charge in [0.2, 0.25) is 6.79 Å². The summed E-state index contributed by atoms with van der Waals surface area (Å²) in [4.78, 5) is 15.1. The Hall–Kier alpha value is -4.05. The number of carboxylic acids is 1. The number of hydrogen-bond donors (Lipinski definition) is 1. The van der Waals surface area contributed by atoms with E-state index in [0.29, 0.717) is 39.5 Å². The van der Waals surface area contributed by atoms with Crippen LogP contribution in [-0.2, 0) is 21.2 Å². The van der Waals surface area contributed by atoms with E-state index >= 15 is 0 Å². The smallest absolute Gasteiger partial charge is 0.303 e. The van der Waals surface area contributed by atoms with E-state index in [1.54, 1.807) is 48.8 Å². The molecule has 0 saturated heterocycles. The number of hydrogen-bond acceptors (Lipinski definition) is 7. The summed E-state index contributed by atoms with van der Waals surface area (Å²) in [5.74, 6) is 0.949. The highest BCUT2D eigenvalue weighted by Crippen LogP contribution is 2.39. The van der Waals surface area contributed by atoms with E-state index < -0.39 is 16.0 Å². The van der Waals surface area contributed by atoms with Crippen LogP contribution in [0.4, 0.5) is 0 Å². The molecule has 2 aromatic heterocycles.